The number of hydrazine groups is 1. The molecule has 1 unspecified atom stereocenters. The van der Waals surface area contributed by atoms with Gasteiger partial charge in [0.15, 0.2) is 5.17 Å². The van der Waals surface area contributed by atoms with Crippen LogP contribution in [0.1, 0.15) is 16.5 Å². The molecule has 0 saturated carbocycles. The first-order valence-corrected chi connectivity index (χ1v) is 5.71. The third-order valence-electron chi connectivity index (χ3n) is 2.29. The molecule has 1 fully saturated rings. The lowest BCUT2D eigenvalue weighted by molar-refractivity contribution is -0.138. The second-order valence-electron chi connectivity index (χ2n) is 3.38. The molecule has 0 aromatic heterocycles. The summed E-state index contributed by atoms with van der Waals surface area (Å²) in [5, 5.41) is 0.0958. The topological polar surface area (TPSA) is 36.4 Å². The molecule has 0 bridgehead atoms. The van der Waals surface area contributed by atoms with E-state index in [1.165, 1.54) is 23.9 Å². The Balaban J connectivity index is 2.34. The van der Waals surface area contributed by atoms with E-state index in [9.17, 15) is 13.2 Å². The lowest BCUT2D eigenvalue weighted by Crippen LogP contribution is -2.28. The molecule has 0 spiro atoms. The number of benzene rings is 1. The minimum Gasteiger partial charge on any atom is -0.299 e. The quantitative estimate of drug-likeness (QED) is 0.815. The van der Waals surface area contributed by atoms with Crippen LogP contribution in [0.5, 0.6) is 0 Å². The molecule has 1 heterocycles. The fraction of sp³-hybridized carbons (Fsp3) is 0.300. The largest absolute Gasteiger partial charge is 0.416 e. The second kappa shape index (κ2) is 4.58. The van der Waals surface area contributed by atoms with Crippen LogP contribution in [0.2, 0.25) is 0 Å². The standard InChI is InChI=1S/C10H10F3N3S/c1-14-9-16-15-8(17-9)6-4-2-3-5-7(6)10(11,12)13/h2-5,8,15H,1H3,(H,14,16). The highest BCUT2D eigenvalue weighted by Gasteiger charge is 2.36. The maximum atomic E-state index is 12.8. The van der Waals surface area contributed by atoms with E-state index < -0.39 is 17.1 Å². The van der Waals surface area contributed by atoms with E-state index in [0.29, 0.717) is 5.17 Å². The van der Waals surface area contributed by atoms with Crippen molar-refractivity contribution in [1.82, 2.24) is 10.9 Å². The SMILES string of the molecule is CN=C1NNC(c2ccccc2C(F)(F)F)S1. The van der Waals surface area contributed by atoms with Crippen molar-refractivity contribution in [2.24, 2.45) is 4.99 Å². The van der Waals surface area contributed by atoms with Gasteiger partial charge in [-0.05, 0) is 11.6 Å². The van der Waals surface area contributed by atoms with Gasteiger partial charge in [0.1, 0.15) is 5.37 Å². The first-order chi connectivity index (χ1) is 8.02. The van der Waals surface area contributed by atoms with Gasteiger partial charge in [-0.3, -0.25) is 10.4 Å². The van der Waals surface area contributed by atoms with Gasteiger partial charge in [-0.25, -0.2) is 5.43 Å². The van der Waals surface area contributed by atoms with Crippen LogP contribution in [0.15, 0.2) is 29.3 Å². The Labute approximate surface area is 100 Å². The molecule has 1 aromatic carbocycles. The molecule has 1 atom stereocenters. The van der Waals surface area contributed by atoms with Gasteiger partial charge in [0.05, 0.1) is 5.56 Å². The smallest absolute Gasteiger partial charge is 0.299 e. The third-order valence-corrected chi connectivity index (χ3v) is 3.41. The summed E-state index contributed by atoms with van der Waals surface area (Å²) in [5.74, 6) is 0. The Hall–Kier alpha value is -1.21. The van der Waals surface area contributed by atoms with Gasteiger partial charge in [0.25, 0.3) is 0 Å². The summed E-state index contributed by atoms with van der Waals surface area (Å²) in [6.07, 6.45) is -4.34. The molecule has 3 nitrogen and oxygen atoms in total. The van der Waals surface area contributed by atoms with Crippen molar-refractivity contribution in [2.45, 2.75) is 11.6 Å². The minimum absolute atomic E-state index is 0.205. The van der Waals surface area contributed by atoms with Crippen LogP contribution in [0.4, 0.5) is 13.2 Å². The van der Waals surface area contributed by atoms with Crippen molar-refractivity contribution >= 4 is 16.9 Å². The number of rotatable bonds is 1. The number of amidine groups is 1. The summed E-state index contributed by atoms with van der Waals surface area (Å²) in [6.45, 7) is 0. The third kappa shape index (κ3) is 2.55. The van der Waals surface area contributed by atoms with E-state index in [2.05, 4.69) is 15.8 Å². The van der Waals surface area contributed by atoms with E-state index in [4.69, 9.17) is 0 Å². The summed E-state index contributed by atoms with van der Waals surface area (Å²) in [7, 11) is 1.58. The number of halogens is 3. The number of alkyl halides is 3. The lowest BCUT2D eigenvalue weighted by atomic mass is 10.1. The Bertz CT molecular complexity index is 445. The predicted molar refractivity (Wildman–Crippen MR) is 61.4 cm³/mol. The predicted octanol–water partition coefficient (Wildman–Crippen LogP) is 2.53. The fourth-order valence-electron chi connectivity index (χ4n) is 1.53. The molecule has 1 saturated heterocycles. The lowest BCUT2D eigenvalue weighted by Gasteiger charge is -2.15. The van der Waals surface area contributed by atoms with E-state index in [-0.39, 0.29) is 5.56 Å². The normalized spacial score (nSPS) is 22.8. The molecule has 7 heteroatoms. The van der Waals surface area contributed by atoms with Crippen LogP contribution in [0, 0.1) is 0 Å². The Morgan fingerprint density at radius 2 is 2.00 bits per heavy atom. The van der Waals surface area contributed by atoms with E-state index in [0.717, 1.165) is 6.07 Å². The average molecular weight is 261 g/mol. The van der Waals surface area contributed by atoms with Crippen molar-refractivity contribution < 1.29 is 13.2 Å². The average Bonchev–Trinajstić information content (AvgIpc) is 2.76. The highest BCUT2D eigenvalue weighted by molar-refractivity contribution is 8.14. The molecule has 92 valence electrons. The van der Waals surface area contributed by atoms with Crippen molar-refractivity contribution in [2.75, 3.05) is 7.05 Å². The molecule has 1 aliphatic heterocycles. The van der Waals surface area contributed by atoms with E-state index >= 15 is 0 Å². The number of hydrogen-bond acceptors (Lipinski definition) is 3. The molecule has 0 aliphatic carbocycles. The van der Waals surface area contributed by atoms with Crippen LogP contribution in [0.25, 0.3) is 0 Å². The summed E-state index contributed by atoms with van der Waals surface area (Å²) in [4.78, 5) is 3.88. The highest BCUT2D eigenvalue weighted by atomic mass is 32.2. The first-order valence-electron chi connectivity index (χ1n) is 4.83. The zero-order valence-corrected chi connectivity index (χ0v) is 9.69. The van der Waals surface area contributed by atoms with Gasteiger partial charge in [0.2, 0.25) is 0 Å². The van der Waals surface area contributed by atoms with Crippen LogP contribution < -0.4 is 10.9 Å². The first kappa shape index (κ1) is 12.3. The molecule has 1 aliphatic rings. The molecule has 2 rings (SSSR count). The van der Waals surface area contributed by atoms with Gasteiger partial charge >= 0.3 is 6.18 Å². The van der Waals surface area contributed by atoms with Gasteiger partial charge in [0, 0.05) is 7.05 Å². The fourth-order valence-corrected chi connectivity index (χ4v) is 2.43. The van der Waals surface area contributed by atoms with Crippen molar-refractivity contribution in [3.8, 4) is 0 Å². The summed E-state index contributed by atoms with van der Waals surface area (Å²) >= 11 is 1.22. The summed E-state index contributed by atoms with van der Waals surface area (Å²) < 4.78 is 38.4. The molecular weight excluding hydrogens is 251 g/mol. The van der Waals surface area contributed by atoms with Crippen LogP contribution in [-0.2, 0) is 6.18 Å². The Morgan fingerprint density at radius 1 is 1.29 bits per heavy atom. The number of hydrogen-bond donors (Lipinski definition) is 2. The monoisotopic (exact) mass is 261 g/mol. The zero-order chi connectivity index (χ0) is 12.5. The number of thioether (sulfide) groups is 1. The molecule has 0 radical (unpaired) electrons. The Kier molecular flexibility index (Phi) is 3.30. The van der Waals surface area contributed by atoms with Crippen molar-refractivity contribution in [3.05, 3.63) is 35.4 Å². The maximum Gasteiger partial charge on any atom is 0.416 e. The number of aliphatic imine (C=N–C) groups is 1. The van der Waals surface area contributed by atoms with Crippen molar-refractivity contribution in [3.63, 3.8) is 0 Å². The van der Waals surface area contributed by atoms with E-state index in [1.807, 2.05) is 0 Å². The number of nitrogens with zero attached hydrogens (tertiary/aromatic N) is 1. The summed E-state index contributed by atoms with van der Waals surface area (Å²) in [5.41, 5.74) is 5.08. The van der Waals surface area contributed by atoms with Crippen LogP contribution in [-0.4, -0.2) is 12.2 Å². The summed E-state index contributed by atoms with van der Waals surface area (Å²) in [6, 6.07) is 5.52. The van der Waals surface area contributed by atoms with E-state index in [1.54, 1.807) is 13.1 Å². The molecule has 0 amide bonds. The number of nitrogens with one attached hydrogen (secondary N) is 2. The molecule has 2 N–H and O–H groups in total. The minimum atomic E-state index is -4.34. The maximum absolute atomic E-state index is 12.8. The Morgan fingerprint density at radius 3 is 2.59 bits per heavy atom. The van der Waals surface area contributed by atoms with Crippen LogP contribution >= 0.6 is 11.8 Å². The van der Waals surface area contributed by atoms with Crippen molar-refractivity contribution in [1.29, 1.82) is 0 Å². The zero-order valence-electron chi connectivity index (χ0n) is 8.88. The highest BCUT2D eigenvalue weighted by Crippen LogP contribution is 2.39. The van der Waals surface area contributed by atoms with Gasteiger partial charge in [-0.1, -0.05) is 30.0 Å². The van der Waals surface area contributed by atoms with Gasteiger partial charge in [-0.2, -0.15) is 13.2 Å². The second-order valence-corrected chi connectivity index (χ2v) is 4.47. The molecular formula is C10H10F3N3S. The van der Waals surface area contributed by atoms with Gasteiger partial charge in [-0.15, -0.1) is 0 Å². The van der Waals surface area contributed by atoms with Crippen LogP contribution in [0.3, 0.4) is 0 Å². The van der Waals surface area contributed by atoms with Gasteiger partial charge < -0.3 is 0 Å². The molecule has 17 heavy (non-hydrogen) atoms. The molecule has 1 aromatic rings.